The summed E-state index contributed by atoms with van der Waals surface area (Å²) >= 11 is 0. The first-order chi connectivity index (χ1) is 12.2. The predicted octanol–water partition coefficient (Wildman–Crippen LogP) is 2.79. The number of nitrogens with zero attached hydrogens (tertiary/aromatic N) is 2. The summed E-state index contributed by atoms with van der Waals surface area (Å²) in [5, 5.41) is 3.23. The number of rotatable bonds is 5. The number of piperidine rings is 1. The SMILES string of the molecule is CCOc1ccc(Nc2ncccc2C(=O)N2CCCC(N)C2)cc1. The fourth-order valence-corrected chi connectivity index (χ4v) is 2.98. The van der Waals surface area contributed by atoms with Gasteiger partial charge in [-0.3, -0.25) is 4.79 Å². The van der Waals surface area contributed by atoms with Crippen LogP contribution < -0.4 is 15.8 Å². The van der Waals surface area contributed by atoms with E-state index in [0.29, 0.717) is 24.5 Å². The molecule has 3 rings (SSSR count). The standard InChI is InChI=1S/C19H24N4O2/c1-2-25-16-9-7-15(8-10-16)22-18-17(6-3-11-21-18)19(24)23-12-4-5-14(20)13-23/h3,6-11,14H,2,4-5,12-13,20H2,1H3,(H,21,22). The molecule has 0 spiro atoms. The van der Waals surface area contributed by atoms with Gasteiger partial charge in [0.1, 0.15) is 11.6 Å². The lowest BCUT2D eigenvalue weighted by atomic mass is 10.1. The molecule has 1 aromatic carbocycles. The van der Waals surface area contributed by atoms with Crippen LogP contribution in [0.15, 0.2) is 42.6 Å². The van der Waals surface area contributed by atoms with Gasteiger partial charge in [0.15, 0.2) is 0 Å². The Hall–Kier alpha value is -2.60. The third kappa shape index (κ3) is 4.28. The van der Waals surface area contributed by atoms with Gasteiger partial charge in [0.05, 0.1) is 12.2 Å². The Morgan fingerprint density at radius 2 is 2.16 bits per heavy atom. The molecule has 1 saturated heterocycles. The number of carbonyl (C=O) groups excluding carboxylic acids is 1. The zero-order valence-electron chi connectivity index (χ0n) is 14.4. The fraction of sp³-hybridized carbons (Fsp3) is 0.368. The van der Waals surface area contributed by atoms with E-state index in [1.807, 2.05) is 36.1 Å². The van der Waals surface area contributed by atoms with Gasteiger partial charge in [-0.2, -0.15) is 0 Å². The lowest BCUT2D eigenvalue weighted by Crippen LogP contribution is -2.45. The second-order valence-electron chi connectivity index (χ2n) is 6.14. The van der Waals surface area contributed by atoms with Crippen LogP contribution in [0.2, 0.25) is 0 Å². The molecule has 2 aromatic rings. The van der Waals surface area contributed by atoms with Gasteiger partial charge in [-0.15, -0.1) is 0 Å². The van der Waals surface area contributed by atoms with Crippen molar-refractivity contribution in [3.05, 3.63) is 48.2 Å². The Labute approximate surface area is 148 Å². The largest absolute Gasteiger partial charge is 0.494 e. The average molecular weight is 340 g/mol. The molecular formula is C19H24N4O2. The van der Waals surface area contributed by atoms with E-state index in [0.717, 1.165) is 30.8 Å². The first-order valence-corrected chi connectivity index (χ1v) is 8.67. The number of likely N-dealkylation sites (tertiary alicyclic amines) is 1. The van der Waals surface area contributed by atoms with Crippen molar-refractivity contribution in [1.29, 1.82) is 0 Å². The highest BCUT2D eigenvalue weighted by Gasteiger charge is 2.24. The quantitative estimate of drug-likeness (QED) is 0.875. The third-order valence-electron chi connectivity index (χ3n) is 4.21. The number of ether oxygens (including phenoxy) is 1. The monoisotopic (exact) mass is 340 g/mol. The van der Waals surface area contributed by atoms with Gasteiger partial charge in [-0.25, -0.2) is 4.98 Å². The van der Waals surface area contributed by atoms with E-state index in [1.54, 1.807) is 18.3 Å². The summed E-state index contributed by atoms with van der Waals surface area (Å²) in [5.41, 5.74) is 7.42. The predicted molar refractivity (Wildman–Crippen MR) is 98.2 cm³/mol. The summed E-state index contributed by atoms with van der Waals surface area (Å²) in [4.78, 5) is 19.0. The Balaban J connectivity index is 1.77. The number of hydrogen-bond donors (Lipinski definition) is 2. The Bertz CT molecular complexity index is 718. The second kappa shape index (κ2) is 7.98. The molecular weight excluding hydrogens is 316 g/mol. The van der Waals surface area contributed by atoms with Crippen molar-refractivity contribution >= 4 is 17.4 Å². The number of hydrogen-bond acceptors (Lipinski definition) is 5. The van der Waals surface area contributed by atoms with Gasteiger partial charge in [-0.05, 0) is 56.2 Å². The van der Waals surface area contributed by atoms with Crippen molar-refractivity contribution in [2.24, 2.45) is 5.73 Å². The Morgan fingerprint density at radius 1 is 1.36 bits per heavy atom. The van der Waals surface area contributed by atoms with Gasteiger partial charge >= 0.3 is 0 Å². The number of carbonyl (C=O) groups is 1. The second-order valence-corrected chi connectivity index (χ2v) is 6.14. The topological polar surface area (TPSA) is 80.5 Å². The van der Waals surface area contributed by atoms with Crippen LogP contribution in [-0.2, 0) is 0 Å². The molecule has 132 valence electrons. The molecule has 3 N–H and O–H groups in total. The van der Waals surface area contributed by atoms with E-state index < -0.39 is 0 Å². The summed E-state index contributed by atoms with van der Waals surface area (Å²) in [5.74, 6) is 1.33. The number of benzene rings is 1. The van der Waals surface area contributed by atoms with Crippen LogP contribution in [0.3, 0.4) is 0 Å². The zero-order chi connectivity index (χ0) is 17.6. The van der Waals surface area contributed by atoms with E-state index >= 15 is 0 Å². The van der Waals surface area contributed by atoms with Crippen LogP contribution in [0.4, 0.5) is 11.5 Å². The summed E-state index contributed by atoms with van der Waals surface area (Å²) in [6, 6.07) is 11.2. The number of aromatic nitrogens is 1. The van der Waals surface area contributed by atoms with Crippen molar-refractivity contribution < 1.29 is 9.53 Å². The van der Waals surface area contributed by atoms with Crippen molar-refractivity contribution in [2.75, 3.05) is 25.0 Å². The van der Waals surface area contributed by atoms with Gasteiger partial charge in [0, 0.05) is 31.0 Å². The van der Waals surface area contributed by atoms with Crippen LogP contribution in [-0.4, -0.2) is 41.5 Å². The van der Waals surface area contributed by atoms with Crippen molar-refractivity contribution in [2.45, 2.75) is 25.8 Å². The number of amides is 1. The summed E-state index contributed by atoms with van der Waals surface area (Å²) in [6.45, 7) is 3.91. The van der Waals surface area contributed by atoms with Crippen molar-refractivity contribution in [3.8, 4) is 5.75 Å². The maximum absolute atomic E-state index is 12.9. The maximum atomic E-state index is 12.9. The highest BCUT2D eigenvalue weighted by Crippen LogP contribution is 2.23. The number of nitrogens with one attached hydrogen (secondary N) is 1. The Kier molecular flexibility index (Phi) is 5.50. The van der Waals surface area contributed by atoms with Crippen LogP contribution in [0.5, 0.6) is 5.75 Å². The van der Waals surface area contributed by atoms with Crippen LogP contribution >= 0.6 is 0 Å². The molecule has 2 heterocycles. The van der Waals surface area contributed by atoms with Crippen LogP contribution in [0.1, 0.15) is 30.1 Å². The summed E-state index contributed by atoms with van der Waals surface area (Å²) in [6.07, 6.45) is 3.58. The molecule has 25 heavy (non-hydrogen) atoms. The normalized spacial score (nSPS) is 17.2. The Morgan fingerprint density at radius 3 is 2.88 bits per heavy atom. The van der Waals surface area contributed by atoms with E-state index in [2.05, 4.69) is 10.3 Å². The lowest BCUT2D eigenvalue weighted by Gasteiger charge is -2.31. The lowest BCUT2D eigenvalue weighted by molar-refractivity contribution is 0.0709. The minimum absolute atomic E-state index is 0.0308. The molecule has 1 unspecified atom stereocenters. The average Bonchev–Trinajstić information content (AvgIpc) is 2.63. The van der Waals surface area contributed by atoms with Gasteiger partial charge in [-0.1, -0.05) is 0 Å². The van der Waals surface area contributed by atoms with Crippen molar-refractivity contribution in [1.82, 2.24) is 9.88 Å². The minimum atomic E-state index is -0.0308. The fourth-order valence-electron chi connectivity index (χ4n) is 2.98. The highest BCUT2D eigenvalue weighted by atomic mass is 16.5. The van der Waals surface area contributed by atoms with Gasteiger partial charge in [0.25, 0.3) is 5.91 Å². The number of nitrogens with two attached hydrogens (primary N) is 1. The molecule has 1 atom stereocenters. The van der Waals surface area contributed by atoms with Crippen molar-refractivity contribution in [3.63, 3.8) is 0 Å². The first kappa shape index (κ1) is 17.2. The molecule has 6 nitrogen and oxygen atoms in total. The molecule has 0 saturated carbocycles. The van der Waals surface area contributed by atoms with E-state index in [-0.39, 0.29) is 11.9 Å². The molecule has 0 radical (unpaired) electrons. The summed E-state index contributed by atoms with van der Waals surface area (Å²) in [7, 11) is 0. The molecule has 1 fully saturated rings. The molecule has 1 aliphatic rings. The van der Waals surface area contributed by atoms with Crippen LogP contribution in [0.25, 0.3) is 0 Å². The third-order valence-corrected chi connectivity index (χ3v) is 4.21. The number of anilines is 2. The van der Waals surface area contributed by atoms with E-state index in [1.165, 1.54) is 0 Å². The van der Waals surface area contributed by atoms with E-state index in [9.17, 15) is 4.79 Å². The van der Waals surface area contributed by atoms with Gasteiger partial charge < -0.3 is 20.7 Å². The summed E-state index contributed by atoms with van der Waals surface area (Å²) < 4.78 is 5.45. The molecule has 1 aromatic heterocycles. The highest BCUT2D eigenvalue weighted by molar-refractivity contribution is 5.99. The zero-order valence-corrected chi connectivity index (χ0v) is 14.4. The molecule has 0 bridgehead atoms. The molecule has 1 amide bonds. The molecule has 0 aliphatic carbocycles. The van der Waals surface area contributed by atoms with Gasteiger partial charge in [0.2, 0.25) is 0 Å². The van der Waals surface area contributed by atoms with E-state index in [4.69, 9.17) is 10.5 Å². The number of pyridine rings is 1. The first-order valence-electron chi connectivity index (χ1n) is 8.67. The maximum Gasteiger partial charge on any atom is 0.257 e. The molecule has 1 aliphatic heterocycles. The smallest absolute Gasteiger partial charge is 0.257 e. The molecule has 6 heteroatoms. The van der Waals surface area contributed by atoms with Crippen LogP contribution in [0, 0.1) is 0 Å². The minimum Gasteiger partial charge on any atom is -0.494 e.